The maximum atomic E-state index is 10.2. The zero-order chi connectivity index (χ0) is 5.86. The van der Waals surface area contributed by atoms with Gasteiger partial charge in [-0.3, -0.25) is 4.79 Å². The molecule has 0 fully saturated rings. The Balaban J connectivity index is 3.35. The molecule has 0 atom stereocenters. The van der Waals surface area contributed by atoms with Gasteiger partial charge in [0.15, 0.2) is 0 Å². The molecule has 0 aromatic heterocycles. The van der Waals surface area contributed by atoms with Crippen LogP contribution in [-0.2, 0) is 9.45 Å². The molecule has 0 unspecified atom stereocenters. The summed E-state index contributed by atoms with van der Waals surface area (Å²) in [7, 11) is 4.52. The van der Waals surface area contributed by atoms with Gasteiger partial charge >= 0.3 is 8.05 Å². The highest BCUT2D eigenvalue weighted by Gasteiger charge is 2.02. The predicted octanol–water partition coefficient (Wildman–Crippen LogP) is 0.269. The Morgan fingerprint density at radius 2 is 2.14 bits per heavy atom. The summed E-state index contributed by atoms with van der Waals surface area (Å²) in [6.45, 7) is 3.43. The maximum Gasteiger partial charge on any atom is 0.378 e. The number of hydrogen-bond donors (Lipinski definition) is 0. The van der Waals surface area contributed by atoms with Gasteiger partial charge < -0.3 is 4.65 Å². The molecule has 2 radical (unpaired) electrons. The lowest BCUT2D eigenvalue weighted by atomic mass is 10.2. The van der Waals surface area contributed by atoms with Gasteiger partial charge in [0.2, 0.25) is 0 Å². The summed E-state index contributed by atoms with van der Waals surface area (Å²) in [5.41, 5.74) is 0. The Bertz CT molecular complexity index is 70.1. The van der Waals surface area contributed by atoms with Gasteiger partial charge in [0.05, 0.1) is 0 Å². The van der Waals surface area contributed by atoms with E-state index in [0.717, 1.165) is 0 Å². The van der Waals surface area contributed by atoms with Gasteiger partial charge in [-0.15, -0.1) is 0 Å². The molecule has 2 nitrogen and oxygen atoms in total. The normalized spacial score (nSPS) is 9.00. The Kier molecular flexibility index (Phi) is 2.49. The molecule has 0 aliphatic carbocycles. The minimum Gasteiger partial charge on any atom is -0.543 e. The molecular weight excluding hydrogens is 90.9 g/mol. The molecular formula is C4H7BO2. The summed E-state index contributed by atoms with van der Waals surface area (Å²) >= 11 is 0. The summed E-state index contributed by atoms with van der Waals surface area (Å²) in [5, 5.41) is 0. The summed E-state index contributed by atoms with van der Waals surface area (Å²) in [6, 6.07) is 0. The fourth-order valence-corrected chi connectivity index (χ4v) is 0.136. The van der Waals surface area contributed by atoms with Gasteiger partial charge in [-0.25, -0.2) is 0 Å². The second kappa shape index (κ2) is 2.67. The van der Waals surface area contributed by atoms with Crippen molar-refractivity contribution in [1.29, 1.82) is 0 Å². The first-order valence-corrected chi connectivity index (χ1v) is 2.09. The zero-order valence-electron chi connectivity index (χ0n) is 4.47. The lowest BCUT2D eigenvalue weighted by Gasteiger charge is -1.98. The molecule has 0 aromatic rings. The van der Waals surface area contributed by atoms with E-state index in [9.17, 15) is 4.79 Å². The smallest absolute Gasteiger partial charge is 0.378 e. The van der Waals surface area contributed by atoms with Gasteiger partial charge in [-0.05, 0) is 0 Å². The van der Waals surface area contributed by atoms with Crippen molar-refractivity contribution in [2.75, 3.05) is 0 Å². The van der Waals surface area contributed by atoms with E-state index in [4.69, 9.17) is 0 Å². The van der Waals surface area contributed by atoms with Crippen molar-refractivity contribution in [3.8, 4) is 0 Å². The molecule has 0 rings (SSSR count). The highest BCUT2D eigenvalue weighted by Crippen LogP contribution is 1.91. The summed E-state index contributed by atoms with van der Waals surface area (Å²) < 4.78 is 3.87. The highest BCUT2D eigenvalue weighted by atomic mass is 16.5. The van der Waals surface area contributed by atoms with E-state index in [1.807, 2.05) is 0 Å². The molecule has 3 heteroatoms. The minimum absolute atomic E-state index is 0.120. The number of carbonyl (C=O) groups excluding carboxylic acids is 1. The first kappa shape index (κ1) is 6.53. The van der Waals surface area contributed by atoms with Crippen LogP contribution in [0.5, 0.6) is 0 Å². The largest absolute Gasteiger partial charge is 0.543 e. The SMILES string of the molecule is [B]OC(=O)C(C)C. The van der Waals surface area contributed by atoms with Crippen molar-refractivity contribution >= 4 is 14.0 Å². The molecule has 0 aliphatic rings. The predicted molar refractivity (Wildman–Crippen MR) is 26.7 cm³/mol. The molecule has 0 N–H and O–H groups in total. The third-order valence-corrected chi connectivity index (χ3v) is 0.588. The van der Waals surface area contributed by atoms with Crippen molar-refractivity contribution < 1.29 is 9.45 Å². The van der Waals surface area contributed by atoms with E-state index in [1.165, 1.54) is 0 Å². The van der Waals surface area contributed by atoms with Crippen molar-refractivity contribution in [3.63, 3.8) is 0 Å². The molecule has 0 spiro atoms. The van der Waals surface area contributed by atoms with Crippen LogP contribution in [-0.4, -0.2) is 14.0 Å². The van der Waals surface area contributed by atoms with Crippen LogP contribution in [0.1, 0.15) is 13.8 Å². The van der Waals surface area contributed by atoms with Crippen LogP contribution < -0.4 is 0 Å². The van der Waals surface area contributed by atoms with E-state index in [-0.39, 0.29) is 11.9 Å². The molecule has 0 aliphatic heterocycles. The second-order valence-electron chi connectivity index (χ2n) is 1.59. The van der Waals surface area contributed by atoms with Crippen LogP contribution in [0.15, 0.2) is 0 Å². The molecule has 0 bridgehead atoms. The summed E-state index contributed by atoms with van der Waals surface area (Å²) in [4.78, 5) is 10.2. The van der Waals surface area contributed by atoms with Gasteiger partial charge in [-0.1, -0.05) is 13.8 Å². The molecule has 0 aromatic carbocycles. The lowest BCUT2D eigenvalue weighted by molar-refractivity contribution is -0.137. The minimum atomic E-state index is -0.375. The molecule has 0 saturated heterocycles. The molecule has 0 amide bonds. The third-order valence-electron chi connectivity index (χ3n) is 0.588. The average Bonchev–Trinajstić information content (AvgIpc) is 1.65. The second-order valence-corrected chi connectivity index (χ2v) is 1.59. The topological polar surface area (TPSA) is 26.3 Å². The van der Waals surface area contributed by atoms with Gasteiger partial charge in [0, 0.05) is 5.92 Å². The van der Waals surface area contributed by atoms with Crippen molar-refractivity contribution in [3.05, 3.63) is 0 Å². The quantitative estimate of drug-likeness (QED) is 0.440. The van der Waals surface area contributed by atoms with Crippen molar-refractivity contribution in [2.24, 2.45) is 5.92 Å². The van der Waals surface area contributed by atoms with E-state index >= 15 is 0 Å². The van der Waals surface area contributed by atoms with Crippen LogP contribution in [0.25, 0.3) is 0 Å². The van der Waals surface area contributed by atoms with E-state index < -0.39 is 0 Å². The summed E-state index contributed by atoms with van der Waals surface area (Å²) in [6.07, 6.45) is 0. The number of rotatable bonds is 1. The van der Waals surface area contributed by atoms with E-state index in [0.29, 0.717) is 0 Å². The number of hydrogen-bond acceptors (Lipinski definition) is 2. The monoisotopic (exact) mass is 98.1 g/mol. The highest BCUT2D eigenvalue weighted by molar-refractivity contribution is 6.05. The standard InChI is InChI=1S/C4H7BO2/c1-3(2)4(6)7-5/h3H,1-2H3. The Hall–Kier alpha value is -0.465. The Morgan fingerprint density at radius 3 is 2.14 bits per heavy atom. The number of carbonyl (C=O) groups is 1. The van der Waals surface area contributed by atoms with Crippen LogP contribution in [0.2, 0.25) is 0 Å². The molecule has 7 heavy (non-hydrogen) atoms. The van der Waals surface area contributed by atoms with Crippen molar-refractivity contribution in [2.45, 2.75) is 13.8 Å². The fourth-order valence-electron chi connectivity index (χ4n) is 0.136. The van der Waals surface area contributed by atoms with Gasteiger partial charge in [0.25, 0.3) is 5.97 Å². The van der Waals surface area contributed by atoms with E-state index in [2.05, 4.69) is 12.7 Å². The van der Waals surface area contributed by atoms with Crippen LogP contribution in [0.3, 0.4) is 0 Å². The lowest BCUT2D eigenvalue weighted by Crippen LogP contribution is -2.08. The third kappa shape index (κ3) is 2.26. The average molecular weight is 97.9 g/mol. The van der Waals surface area contributed by atoms with Crippen LogP contribution in [0, 0.1) is 5.92 Å². The fraction of sp³-hybridized carbons (Fsp3) is 0.750. The first-order valence-electron chi connectivity index (χ1n) is 2.09. The first-order chi connectivity index (χ1) is 3.18. The van der Waals surface area contributed by atoms with Crippen LogP contribution >= 0.6 is 0 Å². The van der Waals surface area contributed by atoms with E-state index in [1.54, 1.807) is 13.8 Å². The summed E-state index contributed by atoms with van der Waals surface area (Å²) in [5.74, 6) is -0.495. The zero-order valence-corrected chi connectivity index (χ0v) is 4.47. The van der Waals surface area contributed by atoms with Gasteiger partial charge in [-0.2, -0.15) is 0 Å². The van der Waals surface area contributed by atoms with Crippen LogP contribution in [0.4, 0.5) is 0 Å². The Labute approximate surface area is 44.3 Å². The Morgan fingerprint density at radius 1 is 1.71 bits per heavy atom. The molecule has 0 heterocycles. The van der Waals surface area contributed by atoms with Crippen molar-refractivity contribution in [1.82, 2.24) is 0 Å². The molecule has 38 valence electrons. The maximum absolute atomic E-state index is 10.2. The van der Waals surface area contributed by atoms with Gasteiger partial charge in [0.1, 0.15) is 0 Å². The molecule has 0 saturated carbocycles.